The third-order valence-corrected chi connectivity index (χ3v) is 4.34. The summed E-state index contributed by atoms with van der Waals surface area (Å²) in [7, 11) is 0. The molecule has 0 unspecified atom stereocenters. The minimum absolute atomic E-state index is 0.0611. The molecule has 6 nitrogen and oxygen atoms in total. The molecule has 3 aromatic rings. The van der Waals surface area contributed by atoms with Gasteiger partial charge in [0.1, 0.15) is 0 Å². The molecule has 0 aliphatic carbocycles. The number of thiazole rings is 1. The first-order chi connectivity index (χ1) is 11.6. The van der Waals surface area contributed by atoms with Gasteiger partial charge in [0.25, 0.3) is 5.69 Å². The molecule has 0 aliphatic rings. The van der Waals surface area contributed by atoms with Gasteiger partial charge in [-0.1, -0.05) is 28.1 Å². The number of hydrazone groups is 1. The summed E-state index contributed by atoms with van der Waals surface area (Å²) in [4.78, 5) is 14.7. The molecule has 0 atom stereocenters. The number of benzene rings is 2. The second kappa shape index (κ2) is 7.33. The Balaban J connectivity index is 1.68. The van der Waals surface area contributed by atoms with Crippen molar-refractivity contribution in [2.45, 2.75) is 0 Å². The van der Waals surface area contributed by atoms with Crippen molar-refractivity contribution in [1.29, 1.82) is 0 Å². The van der Waals surface area contributed by atoms with Gasteiger partial charge in [0, 0.05) is 27.5 Å². The third kappa shape index (κ3) is 4.03. The lowest BCUT2D eigenvalue weighted by Crippen LogP contribution is -1.90. The molecule has 0 aliphatic heterocycles. The number of rotatable bonds is 5. The first-order valence-electron chi connectivity index (χ1n) is 6.87. The van der Waals surface area contributed by atoms with Crippen LogP contribution < -0.4 is 5.43 Å². The summed E-state index contributed by atoms with van der Waals surface area (Å²) in [6, 6.07) is 14.1. The number of aromatic nitrogens is 1. The highest BCUT2D eigenvalue weighted by Gasteiger charge is 2.07. The highest BCUT2D eigenvalue weighted by molar-refractivity contribution is 9.10. The van der Waals surface area contributed by atoms with Crippen LogP contribution in [0.1, 0.15) is 5.56 Å². The van der Waals surface area contributed by atoms with E-state index in [0.717, 1.165) is 21.3 Å². The molecule has 120 valence electrons. The highest BCUT2D eigenvalue weighted by Crippen LogP contribution is 2.26. The number of nitrogens with zero attached hydrogens (tertiary/aromatic N) is 3. The zero-order valence-corrected chi connectivity index (χ0v) is 14.6. The summed E-state index contributed by atoms with van der Waals surface area (Å²) in [5.74, 6) is 0. The Morgan fingerprint density at radius 3 is 2.75 bits per heavy atom. The van der Waals surface area contributed by atoms with Crippen LogP contribution in [0.2, 0.25) is 0 Å². The fourth-order valence-electron chi connectivity index (χ4n) is 1.96. The Morgan fingerprint density at radius 1 is 1.25 bits per heavy atom. The number of hydrogen-bond acceptors (Lipinski definition) is 6. The maximum atomic E-state index is 10.7. The second-order valence-corrected chi connectivity index (χ2v) is 6.54. The van der Waals surface area contributed by atoms with E-state index in [9.17, 15) is 10.1 Å². The molecule has 1 N–H and O–H groups in total. The van der Waals surface area contributed by atoms with Gasteiger partial charge in [-0.15, -0.1) is 11.3 Å². The lowest BCUT2D eigenvalue weighted by Gasteiger charge is -1.97. The number of nitro groups is 1. The molecule has 0 saturated carbocycles. The molecule has 8 heteroatoms. The van der Waals surface area contributed by atoms with Crippen LogP contribution in [0.5, 0.6) is 0 Å². The fourth-order valence-corrected chi connectivity index (χ4v) is 3.05. The molecule has 24 heavy (non-hydrogen) atoms. The quantitative estimate of drug-likeness (QED) is 0.372. The molecule has 0 bridgehead atoms. The molecule has 0 spiro atoms. The van der Waals surface area contributed by atoms with Gasteiger partial charge in [0.05, 0.1) is 16.8 Å². The Labute approximate surface area is 150 Å². The summed E-state index contributed by atoms with van der Waals surface area (Å²) >= 11 is 4.82. The molecule has 0 saturated heterocycles. The van der Waals surface area contributed by atoms with Gasteiger partial charge in [-0.2, -0.15) is 5.10 Å². The first-order valence-corrected chi connectivity index (χ1v) is 8.54. The van der Waals surface area contributed by atoms with Crippen molar-refractivity contribution >= 4 is 44.3 Å². The standard InChI is InChI=1S/C16H11BrN4O2S/c17-13-3-1-2-11(8-13)9-18-20-16-19-15(10-24-16)12-4-6-14(7-5-12)21(22)23/h1-10H,(H,19,20)/b18-9+. The van der Waals surface area contributed by atoms with Crippen LogP contribution in [0.15, 0.2) is 63.5 Å². The van der Waals surface area contributed by atoms with E-state index in [1.165, 1.54) is 23.5 Å². The van der Waals surface area contributed by atoms with Gasteiger partial charge < -0.3 is 0 Å². The van der Waals surface area contributed by atoms with Crippen LogP contribution in [0, 0.1) is 10.1 Å². The summed E-state index contributed by atoms with van der Waals surface area (Å²) in [6.45, 7) is 0. The monoisotopic (exact) mass is 402 g/mol. The number of nitrogens with one attached hydrogen (secondary N) is 1. The van der Waals surface area contributed by atoms with Gasteiger partial charge in [0.2, 0.25) is 5.13 Å². The molecule has 1 aromatic heterocycles. The van der Waals surface area contributed by atoms with E-state index in [1.54, 1.807) is 18.3 Å². The van der Waals surface area contributed by atoms with Crippen molar-refractivity contribution in [3.05, 3.63) is 74.1 Å². The summed E-state index contributed by atoms with van der Waals surface area (Å²) in [5, 5.41) is 17.4. The van der Waals surface area contributed by atoms with Crippen LogP contribution in [-0.4, -0.2) is 16.1 Å². The summed E-state index contributed by atoms with van der Waals surface area (Å²) in [6.07, 6.45) is 1.71. The predicted molar refractivity (Wildman–Crippen MR) is 99.6 cm³/mol. The van der Waals surface area contributed by atoms with Crippen LogP contribution in [0.3, 0.4) is 0 Å². The number of hydrogen-bond donors (Lipinski definition) is 1. The molecule has 0 fully saturated rings. The molecule has 2 aromatic carbocycles. The van der Waals surface area contributed by atoms with E-state index >= 15 is 0 Å². The maximum absolute atomic E-state index is 10.7. The van der Waals surface area contributed by atoms with Crippen LogP contribution in [0.25, 0.3) is 11.3 Å². The average Bonchev–Trinajstić information content (AvgIpc) is 3.04. The van der Waals surface area contributed by atoms with Crippen molar-refractivity contribution in [2.24, 2.45) is 5.10 Å². The van der Waals surface area contributed by atoms with E-state index in [-0.39, 0.29) is 5.69 Å². The van der Waals surface area contributed by atoms with Crippen molar-refractivity contribution < 1.29 is 4.92 Å². The maximum Gasteiger partial charge on any atom is 0.269 e. The first kappa shape index (κ1) is 16.3. The Hall–Kier alpha value is -2.58. The number of nitro benzene ring substituents is 1. The van der Waals surface area contributed by atoms with Crippen molar-refractivity contribution in [3.63, 3.8) is 0 Å². The molecule has 3 rings (SSSR count). The Bertz CT molecular complexity index is 893. The van der Waals surface area contributed by atoms with E-state index in [1.807, 2.05) is 29.6 Å². The molecule has 1 heterocycles. The zero-order valence-electron chi connectivity index (χ0n) is 12.2. The van der Waals surface area contributed by atoms with Gasteiger partial charge in [-0.25, -0.2) is 4.98 Å². The lowest BCUT2D eigenvalue weighted by atomic mass is 10.1. The fraction of sp³-hybridized carbons (Fsp3) is 0. The highest BCUT2D eigenvalue weighted by atomic mass is 79.9. The number of non-ortho nitro benzene ring substituents is 1. The Morgan fingerprint density at radius 2 is 2.04 bits per heavy atom. The minimum atomic E-state index is -0.422. The van der Waals surface area contributed by atoms with Gasteiger partial charge in [-0.05, 0) is 29.8 Å². The van der Waals surface area contributed by atoms with Gasteiger partial charge in [0.15, 0.2) is 0 Å². The zero-order chi connectivity index (χ0) is 16.9. The largest absolute Gasteiger partial charge is 0.269 e. The van der Waals surface area contributed by atoms with E-state index < -0.39 is 4.92 Å². The number of anilines is 1. The topological polar surface area (TPSA) is 80.4 Å². The normalized spacial score (nSPS) is 10.9. The summed E-state index contributed by atoms with van der Waals surface area (Å²) in [5.41, 5.74) is 5.47. The number of halogens is 1. The summed E-state index contributed by atoms with van der Waals surface area (Å²) < 4.78 is 0.987. The molecule has 0 radical (unpaired) electrons. The average molecular weight is 403 g/mol. The van der Waals surface area contributed by atoms with Crippen LogP contribution in [0.4, 0.5) is 10.8 Å². The van der Waals surface area contributed by atoms with Gasteiger partial charge in [-0.3, -0.25) is 15.5 Å². The molecular weight excluding hydrogens is 392 g/mol. The predicted octanol–water partition coefficient (Wildman–Crippen LogP) is 4.93. The molecular formula is C16H11BrN4O2S. The van der Waals surface area contributed by atoms with Gasteiger partial charge >= 0.3 is 0 Å². The van der Waals surface area contributed by atoms with E-state index in [2.05, 4.69) is 31.4 Å². The van der Waals surface area contributed by atoms with Crippen molar-refractivity contribution in [3.8, 4) is 11.3 Å². The third-order valence-electron chi connectivity index (χ3n) is 3.10. The van der Waals surface area contributed by atoms with Crippen molar-refractivity contribution in [1.82, 2.24) is 4.98 Å². The SMILES string of the molecule is O=[N+]([O-])c1ccc(-c2csc(N/N=C/c3cccc(Br)c3)n2)cc1. The lowest BCUT2D eigenvalue weighted by molar-refractivity contribution is -0.384. The molecule has 0 amide bonds. The van der Waals surface area contributed by atoms with E-state index in [0.29, 0.717) is 5.13 Å². The van der Waals surface area contributed by atoms with Crippen LogP contribution >= 0.6 is 27.3 Å². The van der Waals surface area contributed by atoms with Crippen molar-refractivity contribution in [2.75, 3.05) is 5.43 Å². The Kier molecular flexibility index (Phi) is 4.97. The van der Waals surface area contributed by atoms with Crippen LogP contribution in [-0.2, 0) is 0 Å². The smallest absolute Gasteiger partial charge is 0.258 e. The van der Waals surface area contributed by atoms with E-state index in [4.69, 9.17) is 0 Å². The second-order valence-electron chi connectivity index (χ2n) is 4.77. The minimum Gasteiger partial charge on any atom is -0.258 e.